The number of benzene rings is 1. The Morgan fingerprint density at radius 3 is 2.55 bits per heavy atom. The fourth-order valence-electron chi connectivity index (χ4n) is 2.65. The van der Waals surface area contributed by atoms with Gasteiger partial charge in [0.05, 0.1) is 5.69 Å². The van der Waals surface area contributed by atoms with Crippen molar-refractivity contribution in [1.29, 1.82) is 0 Å². The molecule has 0 bridgehead atoms. The van der Waals surface area contributed by atoms with Gasteiger partial charge in [0.25, 0.3) is 5.91 Å². The van der Waals surface area contributed by atoms with Gasteiger partial charge in [0.1, 0.15) is 5.75 Å². The zero-order valence-corrected chi connectivity index (χ0v) is 15.2. The Morgan fingerprint density at radius 2 is 2.00 bits per heavy atom. The molecule has 4 nitrogen and oxygen atoms in total. The van der Waals surface area contributed by atoms with E-state index >= 15 is 0 Å². The molecule has 5 heteroatoms. The Kier molecular flexibility index (Phi) is 5.06. The topological polar surface area (TPSA) is 44.1 Å². The molecule has 1 heterocycles. The molecule has 0 saturated carbocycles. The molecule has 0 spiro atoms. The van der Waals surface area contributed by atoms with Crippen LogP contribution in [0.5, 0.6) is 5.75 Å². The number of aryl methyl sites for hydroxylation is 2. The van der Waals surface area contributed by atoms with Crippen molar-refractivity contribution in [2.24, 2.45) is 0 Å². The summed E-state index contributed by atoms with van der Waals surface area (Å²) in [6, 6.07) is 5.65. The van der Waals surface area contributed by atoms with E-state index in [1.807, 2.05) is 39.0 Å². The number of carbonyl (C=O) groups excluding carboxylic acids is 1. The minimum atomic E-state index is -0.159. The third-order valence-electron chi connectivity index (χ3n) is 3.65. The molecule has 1 aromatic heterocycles. The SMILES string of the molecule is Cc1cc(OCC(=O)n2nc(C)c(C(C)C)c2C)ccc1Br. The summed E-state index contributed by atoms with van der Waals surface area (Å²) in [5, 5.41) is 4.35. The van der Waals surface area contributed by atoms with Crippen LogP contribution in [-0.2, 0) is 0 Å². The molecule has 0 amide bonds. The van der Waals surface area contributed by atoms with Gasteiger partial charge in [-0.05, 0) is 56.0 Å². The van der Waals surface area contributed by atoms with Crippen molar-refractivity contribution in [2.45, 2.75) is 40.5 Å². The van der Waals surface area contributed by atoms with Crippen LogP contribution in [0.3, 0.4) is 0 Å². The highest BCUT2D eigenvalue weighted by molar-refractivity contribution is 9.10. The molecule has 0 aliphatic heterocycles. The van der Waals surface area contributed by atoms with E-state index in [0.29, 0.717) is 11.7 Å². The standard InChI is InChI=1S/C17H21BrN2O2/c1-10(2)17-12(4)19-20(13(17)5)16(21)9-22-14-6-7-15(18)11(3)8-14/h6-8,10H,9H2,1-5H3. The summed E-state index contributed by atoms with van der Waals surface area (Å²) in [4.78, 5) is 12.3. The molecular formula is C17H21BrN2O2. The molecule has 0 unspecified atom stereocenters. The first kappa shape index (κ1) is 16.7. The van der Waals surface area contributed by atoms with Gasteiger partial charge in [0.2, 0.25) is 0 Å². The number of ether oxygens (including phenoxy) is 1. The van der Waals surface area contributed by atoms with E-state index < -0.39 is 0 Å². The van der Waals surface area contributed by atoms with E-state index in [0.717, 1.165) is 27.0 Å². The van der Waals surface area contributed by atoms with Gasteiger partial charge in [0.15, 0.2) is 6.61 Å². The Morgan fingerprint density at radius 1 is 1.32 bits per heavy atom. The van der Waals surface area contributed by atoms with Gasteiger partial charge in [-0.25, -0.2) is 4.68 Å². The highest BCUT2D eigenvalue weighted by atomic mass is 79.9. The molecule has 1 aromatic carbocycles. The van der Waals surface area contributed by atoms with Gasteiger partial charge in [0, 0.05) is 10.2 Å². The van der Waals surface area contributed by atoms with E-state index in [1.165, 1.54) is 4.68 Å². The van der Waals surface area contributed by atoms with Crippen molar-refractivity contribution in [3.05, 3.63) is 45.2 Å². The minimum absolute atomic E-state index is 0.0272. The van der Waals surface area contributed by atoms with Crippen LogP contribution >= 0.6 is 15.9 Å². The van der Waals surface area contributed by atoms with E-state index in [4.69, 9.17) is 4.74 Å². The monoisotopic (exact) mass is 364 g/mol. The van der Waals surface area contributed by atoms with Crippen LogP contribution in [-0.4, -0.2) is 22.3 Å². The van der Waals surface area contributed by atoms with Gasteiger partial charge < -0.3 is 4.74 Å². The second-order valence-corrected chi connectivity index (χ2v) is 6.60. The first-order valence-electron chi connectivity index (χ1n) is 7.29. The van der Waals surface area contributed by atoms with Crippen LogP contribution in [0.15, 0.2) is 22.7 Å². The predicted octanol–water partition coefficient (Wildman–Crippen LogP) is 4.41. The molecule has 0 aliphatic carbocycles. The second-order valence-electron chi connectivity index (χ2n) is 5.74. The van der Waals surface area contributed by atoms with Gasteiger partial charge in [-0.1, -0.05) is 29.8 Å². The van der Waals surface area contributed by atoms with Crippen LogP contribution in [0.1, 0.15) is 47.1 Å². The van der Waals surface area contributed by atoms with E-state index in [2.05, 4.69) is 34.9 Å². The van der Waals surface area contributed by atoms with Gasteiger partial charge in [-0.3, -0.25) is 4.79 Å². The number of hydrogen-bond donors (Lipinski definition) is 0. The summed E-state index contributed by atoms with van der Waals surface area (Å²) >= 11 is 3.44. The summed E-state index contributed by atoms with van der Waals surface area (Å²) in [5.74, 6) is 0.865. The van der Waals surface area contributed by atoms with Crippen molar-refractivity contribution in [2.75, 3.05) is 6.61 Å². The fourth-order valence-corrected chi connectivity index (χ4v) is 2.89. The van der Waals surface area contributed by atoms with Crippen molar-refractivity contribution >= 4 is 21.8 Å². The zero-order chi connectivity index (χ0) is 16.4. The maximum Gasteiger partial charge on any atom is 0.284 e. The van der Waals surface area contributed by atoms with Crippen LogP contribution in [0.25, 0.3) is 0 Å². The Hall–Kier alpha value is -1.62. The maximum atomic E-state index is 12.3. The van der Waals surface area contributed by atoms with Gasteiger partial charge in [-0.2, -0.15) is 5.10 Å². The largest absolute Gasteiger partial charge is 0.484 e. The lowest BCUT2D eigenvalue weighted by atomic mass is 10.0. The van der Waals surface area contributed by atoms with E-state index in [1.54, 1.807) is 0 Å². The third-order valence-corrected chi connectivity index (χ3v) is 4.54. The lowest BCUT2D eigenvalue weighted by Gasteiger charge is -2.09. The molecule has 0 radical (unpaired) electrons. The van der Waals surface area contributed by atoms with Crippen molar-refractivity contribution < 1.29 is 9.53 Å². The third kappa shape index (κ3) is 3.40. The highest BCUT2D eigenvalue weighted by Gasteiger charge is 2.18. The van der Waals surface area contributed by atoms with Gasteiger partial charge >= 0.3 is 0 Å². The molecule has 0 aliphatic rings. The van der Waals surface area contributed by atoms with Crippen LogP contribution in [0, 0.1) is 20.8 Å². The molecule has 2 aromatic rings. The molecule has 0 fully saturated rings. The van der Waals surface area contributed by atoms with E-state index in [-0.39, 0.29) is 12.5 Å². The molecule has 118 valence electrons. The Labute approximate surface area is 139 Å². The number of aromatic nitrogens is 2. The summed E-state index contributed by atoms with van der Waals surface area (Å²) < 4.78 is 8.07. The Bertz CT molecular complexity index is 705. The van der Waals surface area contributed by atoms with Gasteiger partial charge in [-0.15, -0.1) is 0 Å². The molecule has 0 N–H and O–H groups in total. The first-order valence-corrected chi connectivity index (χ1v) is 8.08. The highest BCUT2D eigenvalue weighted by Crippen LogP contribution is 2.23. The predicted molar refractivity (Wildman–Crippen MR) is 90.8 cm³/mol. The molecule has 0 saturated heterocycles. The van der Waals surface area contributed by atoms with Crippen molar-refractivity contribution in [3.63, 3.8) is 0 Å². The average molecular weight is 365 g/mol. The normalized spacial score (nSPS) is 11.0. The quantitative estimate of drug-likeness (QED) is 0.806. The number of carbonyl (C=O) groups is 1. The smallest absolute Gasteiger partial charge is 0.284 e. The lowest BCUT2D eigenvalue weighted by Crippen LogP contribution is -2.21. The van der Waals surface area contributed by atoms with Crippen LogP contribution in [0.4, 0.5) is 0 Å². The van der Waals surface area contributed by atoms with Crippen LogP contribution in [0.2, 0.25) is 0 Å². The molecule has 2 rings (SSSR count). The first-order chi connectivity index (χ1) is 10.3. The molecular weight excluding hydrogens is 344 g/mol. The molecule has 0 atom stereocenters. The summed E-state index contributed by atoms with van der Waals surface area (Å²) in [6.07, 6.45) is 0. The zero-order valence-electron chi connectivity index (χ0n) is 13.6. The summed E-state index contributed by atoms with van der Waals surface area (Å²) in [5.41, 5.74) is 4.00. The Balaban J connectivity index is 2.13. The second kappa shape index (κ2) is 6.65. The number of nitrogens with zero attached hydrogens (tertiary/aromatic N) is 2. The number of rotatable bonds is 4. The van der Waals surface area contributed by atoms with E-state index in [9.17, 15) is 4.79 Å². The van der Waals surface area contributed by atoms with Crippen molar-refractivity contribution in [3.8, 4) is 5.75 Å². The summed E-state index contributed by atoms with van der Waals surface area (Å²) in [6.45, 7) is 10.0. The number of hydrogen-bond acceptors (Lipinski definition) is 3. The molecule has 22 heavy (non-hydrogen) atoms. The maximum absolute atomic E-state index is 12.3. The lowest BCUT2D eigenvalue weighted by molar-refractivity contribution is 0.0818. The van der Waals surface area contributed by atoms with Crippen molar-refractivity contribution in [1.82, 2.24) is 9.78 Å². The minimum Gasteiger partial charge on any atom is -0.484 e. The number of halogens is 1. The van der Waals surface area contributed by atoms with Crippen LogP contribution < -0.4 is 4.74 Å². The summed E-state index contributed by atoms with van der Waals surface area (Å²) in [7, 11) is 0. The fraction of sp³-hybridized carbons (Fsp3) is 0.412. The average Bonchev–Trinajstić information content (AvgIpc) is 2.75.